The Labute approximate surface area is 196 Å². The second-order valence-corrected chi connectivity index (χ2v) is 8.25. The molecule has 34 heavy (non-hydrogen) atoms. The summed E-state index contributed by atoms with van der Waals surface area (Å²) in [5, 5.41) is 2.80. The van der Waals surface area contributed by atoms with Gasteiger partial charge in [0.2, 0.25) is 11.8 Å². The Hall–Kier alpha value is -3.08. The van der Waals surface area contributed by atoms with E-state index in [-0.39, 0.29) is 30.0 Å². The minimum Gasteiger partial charge on any atom is -0.474 e. The Kier molecular flexibility index (Phi) is 8.54. The average molecular weight is 480 g/mol. The largest absolute Gasteiger partial charge is 0.474 e. The number of alkyl halides is 3. The lowest BCUT2D eigenvalue weighted by Crippen LogP contribution is -2.37. The van der Waals surface area contributed by atoms with Crippen molar-refractivity contribution in [2.24, 2.45) is 4.99 Å². The molecular formula is C23H28F3N5O3. The highest BCUT2D eigenvalue weighted by Gasteiger charge is 2.31. The number of ether oxygens (including phenoxy) is 2. The van der Waals surface area contributed by atoms with Gasteiger partial charge in [0, 0.05) is 50.4 Å². The number of rotatable bonds is 8. The number of nitrogens with one attached hydrogen (secondary N) is 1. The molecule has 0 aromatic carbocycles. The third-order valence-corrected chi connectivity index (χ3v) is 5.32. The van der Waals surface area contributed by atoms with Crippen LogP contribution in [0, 0.1) is 0 Å². The fourth-order valence-corrected chi connectivity index (χ4v) is 3.69. The van der Waals surface area contributed by atoms with Crippen LogP contribution in [0.4, 0.5) is 13.2 Å². The van der Waals surface area contributed by atoms with Gasteiger partial charge in [-0.05, 0) is 38.7 Å². The molecule has 1 atom stereocenters. The van der Waals surface area contributed by atoms with Crippen molar-refractivity contribution in [3.63, 3.8) is 0 Å². The molecule has 184 valence electrons. The van der Waals surface area contributed by atoms with Crippen molar-refractivity contribution >= 4 is 12.1 Å². The number of aliphatic imine (C=N–C) groups is 1. The lowest BCUT2D eigenvalue weighted by Gasteiger charge is -2.29. The van der Waals surface area contributed by atoms with Gasteiger partial charge in [0.05, 0.1) is 23.8 Å². The van der Waals surface area contributed by atoms with Crippen LogP contribution in [-0.4, -0.2) is 59.0 Å². The minimum absolute atomic E-state index is 0.0428. The summed E-state index contributed by atoms with van der Waals surface area (Å²) in [5.74, 6) is 0.442. The van der Waals surface area contributed by atoms with Gasteiger partial charge in [-0.2, -0.15) is 13.2 Å². The normalized spacial score (nSPS) is 19.7. The van der Waals surface area contributed by atoms with Gasteiger partial charge in [0.15, 0.2) is 5.82 Å². The predicted molar refractivity (Wildman–Crippen MR) is 120 cm³/mol. The highest BCUT2D eigenvalue weighted by atomic mass is 19.4. The van der Waals surface area contributed by atoms with E-state index in [9.17, 15) is 18.0 Å². The Morgan fingerprint density at radius 3 is 2.41 bits per heavy atom. The van der Waals surface area contributed by atoms with E-state index < -0.39 is 11.7 Å². The molecule has 8 nitrogen and oxygen atoms in total. The molecule has 1 amide bonds. The lowest BCUT2D eigenvalue weighted by atomic mass is 9.95. The molecule has 0 radical (unpaired) electrons. The zero-order valence-corrected chi connectivity index (χ0v) is 19.3. The average Bonchev–Trinajstić information content (AvgIpc) is 2.79. The SMILES string of the molecule is C/N=C/c1cc(-c2ncc(C(F)(F)F)cn2)cnc1O[C@H]1CC[C@H](OC[C@H](C)NC(C)=O)CC1. The molecule has 0 unspecified atom stereocenters. The molecule has 2 heterocycles. The molecule has 1 fully saturated rings. The second kappa shape index (κ2) is 11.4. The predicted octanol–water partition coefficient (Wildman–Crippen LogP) is 3.84. The third kappa shape index (κ3) is 7.21. The van der Waals surface area contributed by atoms with Crippen LogP contribution in [0.1, 0.15) is 50.7 Å². The molecule has 0 spiro atoms. The van der Waals surface area contributed by atoms with Crippen LogP contribution in [0.3, 0.4) is 0 Å². The fraction of sp³-hybridized carbons (Fsp3) is 0.522. The van der Waals surface area contributed by atoms with E-state index in [1.165, 1.54) is 13.1 Å². The smallest absolute Gasteiger partial charge is 0.419 e. The summed E-state index contributed by atoms with van der Waals surface area (Å²) in [4.78, 5) is 27.1. The molecule has 1 N–H and O–H groups in total. The van der Waals surface area contributed by atoms with Crippen molar-refractivity contribution in [3.8, 4) is 17.3 Å². The number of aromatic nitrogens is 3. The topological polar surface area (TPSA) is 98.6 Å². The first-order valence-electron chi connectivity index (χ1n) is 11.0. The van der Waals surface area contributed by atoms with Gasteiger partial charge >= 0.3 is 6.18 Å². The summed E-state index contributed by atoms with van der Waals surface area (Å²) in [6, 6.07) is 1.65. The maximum Gasteiger partial charge on any atom is 0.419 e. The quantitative estimate of drug-likeness (QED) is 0.578. The lowest BCUT2D eigenvalue weighted by molar-refractivity contribution is -0.138. The Bertz CT molecular complexity index is 990. The van der Waals surface area contributed by atoms with Crippen LogP contribution in [0.25, 0.3) is 11.4 Å². The number of halogens is 3. The van der Waals surface area contributed by atoms with E-state index >= 15 is 0 Å². The van der Waals surface area contributed by atoms with Crippen molar-refractivity contribution in [3.05, 3.63) is 35.8 Å². The number of nitrogens with zero attached hydrogens (tertiary/aromatic N) is 4. The van der Waals surface area contributed by atoms with E-state index in [1.807, 2.05) is 6.92 Å². The van der Waals surface area contributed by atoms with Crippen LogP contribution in [0.5, 0.6) is 5.88 Å². The number of carbonyl (C=O) groups excluding carboxylic acids is 1. The van der Waals surface area contributed by atoms with Crippen LogP contribution < -0.4 is 10.1 Å². The maximum absolute atomic E-state index is 12.8. The molecule has 0 bridgehead atoms. The Balaban J connectivity index is 1.61. The number of carbonyl (C=O) groups is 1. The Morgan fingerprint density at radius 2 is 1.82 bits per heavy atom. The summed E-state index contributed by atoms with van der Waals surface area (Å²) in [5.41, 5.74) is 0.135. The van der Waals surface area contributed by atoms with Gasteiger partial charge in [-0.15, -0.1) is 0 Å². The summed E-state index contributed by atoms with van der Waals surface area (Å²) in [7, 11) is 1.61. The molecular weight excluding hydrogens is 451 g/mol. The second-order valence-electron chi connectivity index (χ2n) is 8.25. The summed E-state index contributed by atoms with van der Waals surface area (Å²) in [6.07, 6.45) is 3.34. The van der Waals surface area contributed by atoms with Crippen molar-refractivity contribution in [1.29, 1.82) is 0 Å². The molecule has 11 heteroatoms. The van der Waals surface area contributed by atoms with Crippen molar-refractivity contribution in [2.75, 3.05) is 13.7 Å². The Morgan fingerprint density at radius 1 is 1.18 bits per heavy atom. The number of hydrogen-bond acceptors (Lipinski definition) is 7. The molecule has 1 saturated carbocycles. The third-order valence-electron chi connectivity index (χ3n) is 5.32. The first kappa shape index (κ1) is 25.5. The molecule has 1 aliphatic rings. The molecule has 0 saturated heterocycles. The van der Waals surface area contributed by atoms with Crippen molar-refractivity contribution < 1.29 is 27.4 Å². The van der Waals surface area contributed by atoms with Gasteiger partial charge in [0.25, 0.3) is 0 Å². The fourth-order valence-electron chi connectivity index (χ4n) is 3.69. The number of hydrogen-bond donors (Lipinski definition) is 1. The van der Waals surface area contributed by atoms with E-state index in [2.05, 4.69) is 25.3 Å². The number of amides is 1. The van der Waals surface area contributed by atoms with Gasteiger partial charge < -0.3 is 14.8 Å². The van der Waals surface area contributed by atoms with Crippen LogP contribution >= 0.6 is 0 Å². The molecule has 3 rings (SSSR count). The molecule has 0 aliphatic heterocycles. The first-order chi connectivity index (χ1) is 16.2. The molecule has 2 aromatic rings. The van der Waals surface area contributed by atoms with E-state index in [1.54, 1.807) is 19.3 Å². The standard InChI is InChI=1S/C23H28F3N5O3/c1-14(31-15(2)32)13-33-19-4-6-20(7-5-19)34-22-17(9-27-3)8-16(10-30-22)21-28-11-18(12-29-21)23(24,25)26/h8-12,14,19-20H,4-7,13H2,1-3H3,(H,31,32)/b27-9+/t14-,19-,20-/m0/s1. The van der Waals surface area contributed by atoms with Crippen molar-refractivity contribution in [2.45, 2.75) is 64.0 Å². The zero-order chi connectivity index (χ0) is 24.7. The highest BCUT2D eigenvalue weighted by molar-refractivity contribution is 5.84. The summed E-state index contributed by atoms with van der Waals surface area (Å²) < 4.78 is 50.3. The van der Waals surface area contributed by atoms with E-state index in [0.29, 0.717) is 23.6 Å². The maximum atomic E-state index is 12.8. The highest BCUT2D eigenvalue weighted by Crippen LogP contribution is 2.30. The van der Waals surface area contributed by atoms with Crippen LogP contribution in [-0.2, 0) is 15.7 Å². The molecule has 2 aromatic heterocycles. The van der Waals surface area contributed by atoms with Crippen LogP contribution in [0.15, 0.2) is 29.6 Å². The minimum atomic E-state index is -4.50. The summed E-state index contributed by atoms with van der Waals surface area (Å²) >= 11 is 0. The van der Waals surface area contributed by atoms with Gasteiger partial charge in [-0.3, -0.25) is 9.79 Å². The van der Waals surface area contributed by atoms with E-state index in [4.69, 9.17) is 9.47 Å². The van der Waals surface area contributed by atoms with Crippen molar-refractivity contribution in [1.82, 2.24) is 20.3 Å². The number of pyridine rings is 1. The first-order valence-corrected chi connectivity index (χ1v) is 11.0. The summed E-state index contributed by atoms with van der Waals surface area (Å²) in [6.45, 7) is 3.84. The van der Waals surface area contributed by atoms with Gasteiger partial charge in [-0.1, -0.05) is 0 Å². The molecule has 1 aliphatic carbocycles. The van der Waals surface area contributed by atoms with E-state index in [0.717, 1.165) is 38.1 Å². The monoisotopic (exact) mass is 479 g/mol. The van der Waals surface area contributed by atoms with Gasteiger partial charge in [-0.25, -0.2) is 15.0 Å². The zero-order valence-electron chi connectivity index (χ0n) is 19.3. The van der Waals surface area contributed by atoms with Gasteiger partial charge in [0.1, 0.15) is 6.10 Å². The van der Waals surface area contributed by atoms with Crippen LogP contribution in [0.2, 0.25) is 0 Å².